The lowest BCUT2D eigenvalue weighted by atomic mass is 10.1. The number of nitrogens with zero attached hydrogens (tertiary/aromatic N) is 1. The van der Waals surface area contributed by atoms with E-state index in [1.54, 1.807) is 11.8 Å². The first-order valence-corrected chi connectivity index (χ1v) is 7.22. The first kappa shape index (κ1) is 16.9. The summed E-state index contributed by atoms with van der Waals surface area (Å²) < 4.78 is 4.74. The minimum atomic E-state index is -0.595. The smallest absolute Gasteiger partial charge is 0.323 e. The second-order valence-corrected chi connectivity index (χ2v) is 5.50. The number of hydrogen-bond acceptors (Lipinski definition) is 5. The molecule has 6 heteroatoms. The lowest BCUT2D eigenvalue weighted by Crippen LogP contribution is -2.51. The van der Waals surface area contributed by atoms with Crippen molar-refractivity contribution in [3.8, 4) is 0 Å². The molecule has 1 heterocycles. The Morgan fingerprint density at radius 3 is 2.65 bits per heavy atom. The van der Waals surface area contributed by atoms with Gasteiger partial charge in [0.1, 0.15) is 6.04 Å². The number of carbonyl (C=O) groups is 2. The maximum Gasteiger partial charge on any atom is 0.323 e. The first-order chi connectivity index (χ1) is 9.40. The number of hydrogen-bond donors (Lipinski definition) is 2. The number of amides is 1. The van der Waals surface area contributed by atoms with Gasteiger partial charge in [-0.3, -0.25) is 14.5 Å². The molecular formula is C14H26N2O4. The molecule has 20 heavy (non-hydrogen) atoms. The Hall–Kier alpha value is -1.14. The summed E-state index contributed by atoms with van der Waals surface area (Å²) in [6, 6.07) is -0.896. The Labute approximate surface area is 120 Å². The van der Waals surface area contributed by atoms with Crippen molar-refractivity contribution in [1.29, 1.82) is 0 Å². The van der Waals surface area contributed by atoms with E-state index >= 15 is 0 Å². The molecule has 0 aromatic rings. The average Bonchev–Trinajstić information content (AvgIpc) is 2.79. The van der Waals surface area contributed by atoms with Crippen LogP contribution in [-0.2, 0) is 14.3 Å². The molecule has 4 atom stereocenters. The third-order valence-corrected chi connectivity index (χ3v) is 3.78. The highest BCUT2D eigenvalue weighted by Gasteiger charge is 2.41. The number of rotatable bonds is 6. The van der Waals surface area contributed by atoms with E-state index in [0.29, 0.717) is 13.0 Å². The number of β-amino-alcohol motifs (C(OH)–C–C–N with tert-alkyl or cyclic N) is 1. The topological polar surface area (TPSA) is 78.9 Å². The van der Waals surface area contributed by atoms with Crippen LogP contribution in [-0.4, -0.2) is 59.8 Å². The number of esters is 1. The summed E-state index contributed by atoms with van der Waals surface area (Å²) in [4.78, 5) is 25.6. The number of methoxy groups -OCH3 is 1. The number of aliphatic hydroxyl groups is 1. The van der Waals surface area contributed by atoms with Crippen molar-refractivity contribution in [1.82, 2.24) is 10.2 Å². The largest absolute Gasteiger partial charge is 0.468 e. The molecule has 1 fully saturated rings. The molecule has 6 nitrogen and oxygen atoms in total. The minimum Gasteiger partial charge on any atom is -0.468 e. The van der Waals surface area contributed by atoms with Crippen LogP contribution in [0.15, 0.2) is 0 Å². The van der Waals surface area contributed by atoms with E-state index in [4.69, 9.17) is 4.74 Å². The third kappa shape index (κ3) is 4.18. The zero-order valence-corrected chi connectivity index (χ0v) is 12.8. The first-order valence-electron chi connectivity index (χ1n) is 7.22. The number of aliphatic hydroxyl groups excluding tert-OH is 1. The van der Waals surface area contributed by atoms with Crippen LogP contribution in [0.25, 0.3) is 0 Å². The molecule has 0 bridgehead atoms. The molecule has 1 amide bonds. The summed E-state index contributed by atoms with van der Waals surface area (Å²) in [5.41, 5.74) is 0. The quantitative estimate of drug-likeness (QED) is 0.686. The predicted molar refractivity (Wildman–Crippen MR) is 75.1 cm³/mol. The van der Waals surface area contributed by atoms with Crippen LogP contribution in [0.5, 0.6) is 0 Å². The zero-order chi connectivity index (χ0) is 15.3. The Kier molecular flexibility index (Phi) is 6.42. The van der Waals surface area contributed by atoms with Crippen LogP contribution in [0.2, 0.25) is 0 Å². The number of carbonyl (C=O) groups excluding carboxylic acids is 2. The van der Waals surface area contributed by atoms with Gasteiger partial charge in [-0.2, -0.15) is 0 Å². The molecular weight excluding hydrogens is 260 g/mol. The fourth-order valence-electron chi connectivity index (χ4n) is 2.65. The van der Waals surface area contributed by atoms with Gasteiger partial charge in [-0.1, -0.05) is 13.3 Å². The van der Waals surface area contributed by atoms with Crippen LogP contribution in [0.3, 0.4) is 0 Å². The predicted octanol–water partition coefficient (Wildman–Crippen LogP) is 0.288. The molecule has 0 aliphatic carbocycles. The van der Waals surface area contributed by atoms with E-state index in [-0.39, 0.29) is 11.9 Å². The number of ether oxygens (including phenoxy) is 1. The second-order valence-electron chi connectivity index (χ2n) is 5.50. The van der Waals surface area contributed by atoms with Crippen LogP contribution in [0.4, 0.5) is 0 Å². The highest BCUT2D eigenvalue weighted by Crippen LogP contribution is 2.22. The lowest BCUT2D eigenvalue weighted by Gasteiger charge is -2.28. The molecule has 0 radical (unpaired) electrons. The van der Waals surface area contributed by atoms with E-state index in [9.17, 15) is 14.7 Å². The maximum atomic E-state index is 12.2. The van der Waals surface area contributed by atoms with Crippen molar-refractivity contribution in [2.24, 2.45) is 0 Å². The molecule has 4 unspecified atom stereocenters. The normalized spacial score (nSPS) is 26.1. The molecule has 0 spiro atoms. The van der Waals surface area contributed by atoms with Gasteiger partial charge in [-0.15, -0.1) is 0 Å². The summed E-state index contributed by atoms with van der Waals surface area (Å²) >= 11 is 0. The molecule has 116 valence electrons. The standard InChI is InChI=1S/C14H26N2O4/c1-5-6-9(2)15-13(18)10(3)16-8-11(17)7-12(16)14(19)20-4/h9-12,17H,5-8H2,1-4H3,(H,15,18). The summed E-state index contributed by atoms with van der Waals surface area (Å²) in [7, 11) is 1.32. The highest BCUT2D eigenvalue weighted by molar-refractivity contribution is 5.83. The average molecular weight is 286 g/mol. The van der Waals surface area contributed by atoms with Gasteiger partial charge in [0, 0.05) is 19.0 Å². The summed E-state index contributed by atoms with van der Waals surface area (Å²) in [6.45, 7) is 6.10. The van der Waals surface area contributed by atoms with Crippen molar-refractivity contribution in [2.45, 2.75) is 64.3 Å². The molecule has 1 rings (SSSR count). The van der Waals surface area contributed by atoms with Gasteiger partial charge in [-0.25, -0.2) is 0 Å². The van der Waals surface area contributed by atoms with Crippen molar-refractivity contribution in [3.05, 3.63) is 0 Å². The van der Waals surface area contributed by atoms with Gasteiger partial charge in [0.05, 0.1) is 19.3 Å². The van der Waals surface area contributed by atoms with Crippen molar-refractivity contribution in [3.63, 3.8) is 0 Å². The molecule has 0 aromatic carbocycles. The van der Waals surface area contributed by atoms with Gasteiger partial charge in [-0.05, 0) is 20.3 Å². The van der Waals surface area contributed by atoms with E-state index < -0.39 is 24.2 Å². The number of likely N-dealkylation sites (tertiary alicyclic amines) is 1. The molecule has 1 aliphatic heterocycles. The lowest BCUT2D eigenvalue weighted by molar-refractivity contribution is -0.147. The van der Waals surface area contributed by atoms with Crippen molar-refractivity contribution >= 4 is 11.9 Å². The fraction of sp³-hybridized carbons (Fsp3) is 0.857. The van der Waals surface area contributed by atoms with Gasteiger partial charge < -0.3 is 15.2 Å². The maximum absolute atomic E-state index is 12.2. The number of nitrogens with one attached hydrogen (secondary N) is 1. The van der Waals surface area contributed by atoms with E-state index in [1.165, 1.54) is 7.11 Å². The van der Waals surface area contributed by atoms with Crippen LogP contribution < -0.4 is 5.32 Å². The molecule has 1 saturated heterocycles. The zero-order valence-electron chi connectivity index (χ0n) is 12.8. The summed E-state index contributed by atoms with van der Waals surface area (Å²) in [6.07, 6.45) is 1.64. The minimum absolute atomic E-state index is 0.110. The summed E-state index contributed by atoms with van der Waals surface area (Å²) in [5, 5.41) is 12.7. The van der Waals surface area contributed by atoms with Crippen LogP contribution >= 0.6 is 0 Å². The highest BCUT2D eigenvalue weighted by atomic mass is 16.5. The molecule has 0 aromatic heterocycles. The summed E-state index contributed by atoms with van der Waals surface area (Å²) in [5.74, 6) is -0.517. The van der Waals surface area contributed by atoms with Gasteiger partial charge in [0.2, 0.25) is 5.91 Å². The molecule has 0 saturated carbocycles. The molecule has 2 N–H and O–H groups in total. The van der Waals surface area contributed by atoms with E-state index in [0.717, 1.165) is 12.8 Å². The van der Waals surface area contributed by atoms with E-state index in [1.807, 2.05) is 6.92 Å². The van der Waals surface area contributed by atoms with Crippen molar-refractivity contribution < 1.29 is 19.4 Å². The fourth-order valence-corrected chi connectivity index (χ4v) is 2.65. The molecule has 1 aliphatic rings. The Morgan fingerprint density at radius 1 is 1.45 bits per heavy atom. The van der Waals surface area contributed by atoms with E-state index in [2.05, 4.69) is 12.2 Å². The SMILES string of the molecule is CCCC(C)NC(=O)C(C)N1CC(O)CC1C(=O)OC. The Bertz CT molecular complexity index is 348. The Balaban J connectivity index is 2.66. The van der Waals surface area contributed by atoms with Crippen molar-refractivity contribution in [2.75, 3.05) is 13.7 Å². The van der Waals surface area contributed by atoms with Gasteiger partial charge in [0.15, 0.2) is 0 Å². The van der Waals surface area contributed by atoms with Gasteiger partial charge >= 0.3 is 5.97 Å². The Morgan fingerprint density at radius 2 is 2.10 bits per heavy atom. The third-order valence-electron chi connectivity index (χ3n) is 3.78. The second kappa shape index (κ2) is 7.59. The van der Waals surface area contributed by atoms with Gasteiger partial charge in [0.25, 0.3) is 0 Å². The monoisotopic (exact) mass is 286 g/mol. The van der Waals surface area contributed by atoms with Crippen LogP contribution in [0.1, 0.15) is 40.0 Å². The van der Waals surface area contributed by atoms with Crippen LogP contribution in [0, 0.1) is 0 Å².